The van der Waals surface area contributed by atoms with Crippen LogP contribution in [-0.2, 0) is 10.0 Å². The van der Waals surface area contributed by atoms with Gasteiger partial charge in [-0.05, 0) is 12.5 Å². The SMILES string of the molecule is CC(C(O)c1ccccc1)S(N)(=O)=O. The Morgan fingerprint density at radius 2 is 1.79 bits per heavy atom. The third kappa shape index (κ3) is 2.54. The van der Waals surface area contributed by atoms with Crippen LogP contribution < -0.4 is 5.14 Å². The van der Waals surface area contributed by atoms with Gasteiger partial charge < -0.3 is 5.11 Å². The molecule has 1 aromatic carbocycles. The van der Waals surface area contributed by atoms with E-state index in [0.29, 0.717) is 5.56 Å². The smallest absolute Gasteiger partial charge is 0.214 e. The molecule has 14 heavy (non-hydrogen) atoms. The van der Waals surface area contributed by atoms with E-state index in [1.54, 1.807) is 30.3 Å². The van der Waals surface area contributed by atoms with Crippen molar-refractivity contribution in [1.29, 1.82) is 0 Å². The molecule has 3 N–H and O–H groups in total. The summed E-state index contributed by atoms with van der Waals surface area (Å²) >= 11 is 0. The van der Waals surface area contributed by atoms with Crippen LogP contribution in [0.4, 0.5) is 0 Å². The van der Waals surface area contributed by atoms with Crippen molar-refractivity contribution in [2.24, 2.45) is 5.14 Å². The van der Waals surface area contributed by atoms with Crippen molar-refractivity contribution in [2.45, 2.75) is 18.3 Å². The second kappa shape index (κ2) is 4.08. The Balaban J connectivity index is 2.92. The molecule has 0 saturated heterocycles. The van der Waals surface area contributed by atoms with Gasteiger partial charge >= 0.3 is 0 Å². The summed E-state index contributed by atoms with van der Waals surface area (Å²) in [7, 11) is -3.70. The highest BCUT2D eigenvalue weighted by atomic mass is 32.2. The average molecular weight is 215 g/mol. The van der Waals surface area contributed by atoms with Crippen molar-refractivity contribution in [3.63, 3.8) is 0 Å². The first kappa shape index (κ1) is 11.2. The molecule has 0 amide bonds. The van der Waals surface area contributed by atoms with Crippen LogP contribution in [0.5, 0.6) is 0 Å². The van der Waals surface area contributed by atoms with E-state index in [1.165, 1.54) is 6.92 Å². The molecule has 0 radical (unpaired) electrons. The van der Waals surface area contributed by atoms with Crippen molar-refractivity contribution in [3.05, 3.63) is 35.9 Å². The first-order chi connectivity index (χ1) is 6.43. The summed E-state index contributed by atoms with van der Waals surface area (Å²) in [5.41, 5.74) is 0.550. The van der Waals surface area contributed by atoms with E-state index in [2.05, 4.69) is 0 Å². The zero-order valence-corrected chi connectivity index (χ0v) is 8.61. The van der Waals surface area contributed by atoms with Crippen molar-refractivity contribution in [1.82, 2.24) is 0 Å². The molecule has 0 aliphatic carbocycles. The van der Waals surface area contributed by atoms with E-state index < -0.39 is 21.4 Å². The highest BCUT2D eigenvalue weighted by Gasteiger charge is 2.25. The Bertz CT molecular complexity index is 388. The number of hydrogen-bond acceptors (Lipinski definition) is 3. The van der Waals surface area contributed by atoms with Crippen LogP contribution in [0.3, 0.4) is 0 Å². The van der Waals surface area contributed by atoms with E-state index in [1.807, 2.05) is 0 Å². The molecule has 2 atom stereocenters. The maximum absolute atomic E-state index is 11.0. The van der Waals surface area contributed by atoms with Gasteiger partial charge in [0.1, 0.15) is 5.25 Å². The average Bonchev–Trinajstić information content (AvgIpc) is 2.15. The van der Waals surface area contributed by atoms with Gasteiger partial charge in [-0.2, -0.15) is 0 Å². The second-order valence-corrected chi connectivity index (χ2v) is 5.07. The van der Waals surface area contributed by atoms with Gasteiger partial charge in [-0.3, -0.25) is 0 Å². The number of aliphatic hydroxyl groups excluding tert-OH is 1. The van der Waals surface area contributed by atoms with Crippen LogP contribution >= 0.6 is 0 Å². The first-order valence-electron chi connectivity index (χ1n) is 4.17. The van der Waals surface area contributed by atoms with Crippen molar-refractivity contribution in [3.8, 4) is 0 Å². The number of sulfonamides is 1. The Morgan fingerprint density at radius 3 is 2.21 bits per heavy atom. The number of hydrogen-bond donors (Lipinski definition) is 2. The van der Waals surface area contributed by atoms with Gasteiger partial charge in [-0.1, -0.05) is 30.3 Å². The summed E-state index contributed by atoms with van der Waals surface area (Å²) in [4.78, 5) is 0. The van der Waals surface area contributed by atoms with Crippen molar-refractivity contribution < 1.29 is 13.5 Å². The van der Waals surface area contributed by atoms with E-state index in [9.17, 15) is 13.5 Å². The molecule has 0 bridgehead atoms. The van der Waals surface area contributed by atoms with Crippen LogP contribution in [0.15, 0.2) is 30.3 Å². The minimum Gasteiger partial charge on any atom is -0.387 e. The molecule has 0 spiro atoms. The summed E-state index contributed by atoms with van der Waals surface area (Å²) in [5, 5.41) is 13.6. The van der Waals surface area contributed by atoms with Crippen LogP contribution in [-0.4, -0.2) is 18.8 Å². The molecular weight excluding hydrogens is 202 g/mol. The summed E-state index contributed by atoms with van der Waals surface area (Å²) in [6.45, 7) is 1.38. The van der Waals surface area contributed by atoms with Crippen LogP contribution in [0.25, 0.3) is 0 Å². The normalized spacial score (nSPS) is 16.2. The number of benzene rings is 1. The molecule has 0 aliphatic heterocycles. The Hall–Kier alpha value is -0.910. The lowest BCUT2D eigenvalue weighted by atomic mass is 10.1. The molecule has 0 saturated carbocycles. The van der Waals surface area contributed by atoms with Gasteiger partial charge in [-0.25, -0.2) is 13.6 Å². The van der Waals surface area contributed by atoms with Crippen molar-refractivity contribution >= 4 is 10.0 Å². The van der Waals surface area contributed by atoms with E-state index in [0.717, 1.165) is 0 Å². The minimum atomic E-state index is -3.70. The molecular formula is C9H13NO3S. The zero-order chi connectivity index (χ0) is 10.8. The molecule has 0 aliphatic rings. The lowest BCUT2D eigenvalue weighted by molar-refractivity contribution is 0.176. The number of nitrogens with two attached hydrogens (primary N) is 1. The quantitative estimate of drug-likeness (QED) is 0.765. The van der Waals surface area contributed by atoms with E-state index >= 15 is 0 Å². The van der Waals surface area contributed by atoms with Crippen LogP contribution in [0.1, 0.15) is 18.6 Å². The van der Waals surface area contributed by atoms with E-state index in [4.69, 9.17) is 5.14 Å². The molecule has 1 aromatic rings. The maximum atomic E-state index is 11.0. The third-order valence-corrected chi connectivity index (χ3v) is 3.40. The van der Waals surface area contributed by atoms with Gasteiger partial charge in [0, 0.05) is 0 Å². The Labute approximate surface area is 83.4 Å². The highest BCUT2D eigenvalue weighted by Crippen LogP contribution is 2.19. The van der Waals surface area contributed by atoms with Gasteiger partial charge in [0.2, 0.25) is 10.0 Å². The van der Waals surface area contributed by atoms with E-state index in [-0.39, 0.29) is 0 Å². The number of rotatable bonds is 3. The summed E-state index contributed by atoms with van der Waals surface area (Å²) < 4.78 is 21.9. The molecule has 4 nitrogen and oxygen atoms in total. The van der Waals surface area contributed by atoms with Crippen LogP contribution in [0, 0.1) is 0 Å². The third-order valence-electron chi connectivity index (χ3n) is 2.10. The largest absolute Gasteiger partial charge is 0.387 e. The molecule has 1 rings (SSSR count). The van der Waals surface area contributed by atoms with Crippen molar-refractivity contribution in [2.75, 3.05) is 0 Å². The molecule has 2 unspecified atom stereocenters. The monoisotopic (exact) mass is 215 g/mol. The van der Waals surface area contributed by atoms with Gasteiger partial charge in [0.15, 0.2) is 0 Å². The maximum Gasteiger partial charge on any atom is 0.214 e. The predicted molar refractivity (Wildman–Crippen MR) is 54.0 cm³/mol. The number of aliphatic hydroxyl groups is 1. The molecule has 5 heteroatoms. The molecule has 0 fully saturated rings. The molecule has 0 heterocycles. The zero-order valence-electron chi connectivity index (χ0n) is 7.79. The molecule has 78 valence electrons. The minimum absolute atomic E-state index is 0.550. The predicted octanol–water partition coefficient (Wildman–Crippen LogP) is 0.397. The van der Waals surface area contributed by atoms with Crippen LogP contribution in [0.2, 0.25) is 0 Å². The standard InChI is InChI=1S/C9H13NO3S/c1-7(14(10,12)13)9(11)8-5-3-2-4-6-8/h2-7,9,11H,1H3,(H2,10,12,13). The molecule has 0 aromatic heterocycles. The summed E-state index contributed by atoms with van der Waals surface area (Å²) in [5.74, 6) is 0. The van der Waals surface area contributed by atoms with Gasteiger partial charge in [0.05, 0.1) is 6.10 Å². The summed E-state index contributed by atoms with van der Waals surface area (Å²) in [6.07, 6.45) is -1.08. The summed E-state index contributed by atoms with van der Waals surface area (Å²) in [6, 6.07) is 8.57. The first-order valence-corrected chi connectivity index (χ1v) is 5.78. The van der Waals surface area contributed by atoms with Gasteiger partial charge in [0.25, 0.3) is 0 Å². The Morgan fingerprint density at radius 1 is 1.29 bits per heavy atom. The fraction of sp³-hybridized carbons (Fsp3) is 0.333. The fourth-order valence-corrected chi connectivity index (χ4v) is 1.62. The topological polar surface area (TPSA) is 80.4 Å². The lowest BCUT2D eigenvalue weighted by Gasteiger charge is -2.16. The second-order valence-electron chi connectivity index (χ2n) is 3.15. The number of primary sulfonamides is 1. The fourth-order valence-electron chi connectivity index (χ4n) is 1.10. The Kier molecular flexibility index (Phi) is 3.25. The lowest BCUT2D eigenvalue weighted by Crippen LogP contribution is -2.31. The van der Waals surface area contributed by atoms with Gasteiger partial charge in [-0.15, -0.1) is 0 Å². The highest BCUT2D eigenvalue weighted by molar-refractivity contribution is 7.89.